The first-order valence-corrected chi connectivity index (χ1v) is 7.83. The first-order valence-electron chi connectivity index (χ1n) is 7.83. The smallest absolute Gasteiger partial charge is 0.148 e. The van der Waals surface area contributed by atoms with Gasteiger partial charge in [-0.25, -0.2) is 4.98 Å². The largest absolute Gasteiger partial charge is 0.509 e. The molecule has 2 N–H and O–H groups in total. The Morgan fingerprint density at radius 2 is 1.92 bits per heavy atom. The highest BCUT2D eigenvalue weighted by atomic mass is 16.3. The molecule has 2 heterocycles. The maximum Gasteiger partial charge on any atom is 0.148 e. The van der Waals surface area contributed by atoms with Crippen LogP contribution in [0.4, 0.5) is 5.69 Å². The van der Waals surface area contributed by atoms with Crippen molar-refractivity contribution in [2.45, 2.75) is 6.92 Å². The van der Waals surface area contributed by atoms with Crippen LogP contribution in [0, 0.1) is 12.3 Å². The van der Waals surface area contributed by atoms with E-state index in [4.69, 9.17) is 5.41 Å². The fourth-order valence-corrected chi connectivity index (χ4v) is 3.20. The zero-order valence-corrected chi connectivity index (χ0v) is 13.6. The summed E-state index contributed by atoms with van der Waals surface area (Å²) in [6.45, 7) is 2.31. The summed E-state index contributed by atoms with van der Waals surface area (Å²) in [6.07, 6.45) is 0. The van der Waals surface area contributed by atoms with Gasteiger partial charge in [-0.3, -0.25) is 5.41 Å². The Bertz CT molecular complexity index is 1000. The molecule has 24 heavy (non-hydrogen) atoms. The summed E-state index contributed by atoms with van der Waals surface area (Å²) >= 11 is 0. The maximum atomic E-state index is 10.5. The van der Waals surface area contributed by atoms with Crippen molar-refractivity contribution in [3.05, 3.63) is 65.7 Å². The molecule has 0 unspecified atom stereocenters. The minimum atomic E-state index is 0.180. The Hall–Kier alpha value is -3.08. The number of nitrogens with zero attached hydrogens (tertiary/aromatic N) is 3. The van der Waals surface area contributed by atoms with Gasteiger partial charge in [0.1, 0.15) is 17.4 Å². The van der Waals surface area contributed by atoms with Crippen LogP contribution in [-0.4, -0.2) is 27.0 Å². The van der Waals surface area contributed by atoms with Crippen molar-refractivity contribution >= 4 is 28.1 Å². The Morgan fingerprint density at radius 1 is 1.12 bits per heavy atom. The summed E-state index contributed by atoms with van der Waals surface area (Å²) in [5, 5.41) is 19.1. The lowest BCUT2D eigenvalue weighted by Crippen LogP contribution is -2.26. The summed E-state index contributed by atoms with van der Waals surface area (Å²) in [5.41, 5.74) is 4.36. The molecule has 5 nitrogen and oxygen atoms in total. The number of amidine groups is 1. The number of anilines is 1. The highest BCUT2D eigenvalue weighted by Gasteiger charge is 2.32. The standard InChI is InChI=1S/C19H18N4O/c1-12-6-5-7-13(10-12)23-11-16(24)17(18(23)20)19-21-14-8-3-4-9-15(14)22(19)2/h3-10,20,24H,11H2,1-2H3. The average molecular weight is 318 g/mol. The normalized spacial score (nSPS) is 14.9. The van der Waals surface area contributed by atoms with Crippen molar-refractivity contribution in [1.82, 2.24) is 9.55 Å². The molecule has 0 aliphatic carbocycles. The van der Waals surface area contributed by atoms with Crippen LogP contribution in [0.25, 0.3) is 16.6 Å². The molecule has 0 fully saturated rings. The molecular formula is C19H18N4O. The van der Waals surface area contributed by atoms with Crippen LogP contribution in [0.15, 0.2) is 54.3 Å². The molecule has 0 bridgehead atoms. The van der Waals surface area contributed by atoms with E-state index in [1.165, 1.54) is 0 Å². The Balaban J connectivity index is 1.79. The summed E-state index contributed by atoms with van der Waals surface area (Å²) in [4.78, 5) is 6.42. The molecule has 1 aromatic heterocycles. The van der Waals surface area contributed by atoms with E-state index in [0.29, 0.717) is 17.9 Å². The van der Waals surface area contributed by atoms with Crippen molar-refractivity contribution in [1.29, 1.82) is 5.41 Å². The number of hydrogen-bond acceptors (Lipinski definition) is 3. The van der Waals surface area contributed by atoms with E-state index < -0.39 is 0 Å². The molecule has 1 aliphatic heterocycles. The van der Waals surface area contributed by atoms with Gasteiger partial charge in [-0.1, -0.05) is 24.3 Å². The SMILES string of the molecule is Cc1cccc(N2CC(O)=C(c3nc4ccccc4n3C)C2=N)c1. The topological polar surface area (TPSA) is 65.1 Å². The molecule has 2 aromatic carbocycles. The minimum absolute atomic E-state index is 0.180. The Kier molecular flexibility index (Phi) is 3.16. The molecule has 3 aromatic rings. The minimum Gasteiger partial charge on any atom is -0.509 e. The van der Waals surface area contributed by atoms with Crippen LogP contribution in [0.1, 0.15) is 11.4 Å². The zero-order chi connectivity index (χ0) is 16.8. The molecule has 1 aliphatic rings. The summed E-state index contributed by atoms with van der Waals surface area (Å²) in [7, 11) is 1.91. The molecule has 0 amide bonds. The number of benzene rings is 2. The van der Waals surface area contributed by atoms with E-state index in [0.717, 1.165) is 22.3 Å². The molecule has 0 atom stereocenters. The van der Waals surface area contributed by atoms with E-state index in [1.54, 1.807) is 4.90 Å². The number of aliphatic hydroxyl groups is 1. The van der Waals surface area contributed by atoms with Crippen molar-refractivity contribution in [3.8, 4) is 0 Å². The van der Waals surface area contributed by atoms with Gasteiger partial charge in [0, 0.05) is 12.7 Å². The molecule has 0 spiro atoms. The van der Waals surface area contributed by atoms with Gasteiger partial charge in [-0.2, -0.15) is 0 Å². The van der Waals surface area contributed by atoms with Crippen LogP contribution in [0.3, 0.4) is 0 Å². The van der Waals surface area contributed by atoms with Gasteiger partial charge >= 0.3 is 0 Å². The van der Waals surface area contributed by atoms with Crippen molar-refractivity contribution in [2.24, 2.45) is 7.05 Å². The predicted molar refractivity (Wildman–Crippen MR) is 96.5 cm³/mol. The van der Waals surface area contributed by atoms with E-state index in [9.17, 15) is 5.11 Å². The Labute approximate surface area is 140 Å². The number of aryl methyl sites for hydroxylation is 2. The van der Waals surface area contributed by atoms with Crippen molar-refractivity contribution in [3.63, 3.8) is 0 Å². The second-order valence-electron chi connectivity index (χ2n) is 6.08. The van der Waals surface area contributed by atoms with E-state index in [2.05, 4.69) is 4.98 Å². The number of aliphatic hydroxyl groups excluding tert-OH is 1. The van der Waals surface area contributed by atoms with Gasteiger partial charge in [0.2, 0.25) is 0 Å². The van der Waals surface area contributed by atoms with Crippen LogP contribution >= 0.6 is 0 Å². The highest BCUT2D eigenvalue weighted by molar-refractivity contribution is 6.30. The number of nitrogens with one attached hydrogen (secondary N) is 1. The number of imidazole rings is 1. The van der Waals surface area contributed by atoms with Gasteiger partial charge < -0.3 is 14.6 Å². The quantitative estimate of drug-likeness (QED) is 0.758. The molecular weight excluding hydrogens is 300 g/mol. The molecule has 120 valence electrons. The van der Waals surface area contributed by atoms with Crippen LogP contribution < -0.4 is 4.90 Å². The van der Waals surface area contributed by atoms with Crippen molar-refractivity contribution in [2.75, 3.05) is 11.4 Å². The monoisotopic (exact) mass is 318 g/mol. The predicted octanol–water partition coefficient (Wildman–Crippen LogP) is 3.65. The van der Waals surface area contributed by atoms with Gasteiger partial charge in [-0.05, 0) is 36.8 Å². The lowest BCUT2D eigenvalue weighted by molar-refractivity contribution is 0.411. The number of rotatable bonds is 2. The number of para-hydroxylation sites is 2. The average Bonchev–Trinajstić information content (AvgIpc) is 3.05. The maximum absolute atomic E-state index is 10.5. The number of hydrogen-bond donors (Lipinski definition) is 2. The van der Waals surface area contributed by atoms with Gasteiger partial charge in [0.25, 0.3) is 0 Å². The van der Waals surface area contributed by atoms with Crippen molar-refractivity contribution < 1.29 is 5.11 Å². The van der Waals surface area contributed by atoms with Gasteiger partial charge in [-0.15, -0.1) is 0 Å². The first kappa shape index (κ1) is 14.5. The molecule has 4 rings (SSSR count). The van der Waals surface area contributed by atoms with Crippen LogP contribution in [-0.2, 0) is 7.05 Å². The third kappa shape index (κ3) is 2.09. The van der Waals surface area contributed by atoms with Crippen LogP contribution in [0.5, 0.6) is 0 Å². The molecule has 0 saturated heterocycles. The van der Waals surface area contributed by atoms with E-state index in [-0.39, 0.29) is 11.6 Å². The summed E-state index contributed by atoms with van der Waals surface area (Å²) < 4.78 is 1.93. The third-order valence-corrected chi connectivity index (χ3v) is 4.43. The third-order valence-electron chi connectivity index (χ3n) is 4.43. The summed E-state index contributed by atoms with van der Waals surface area (Å²) in [5.74, 6) is 1.07. The lowest BCUT2D eigenvalue weighted by atomic mass is 10.2. The second-order valence-corrected chi connectivity index (χ2v) is 6.08. The molecule has 0 radical (unpaired) electrons. The fraction of sp³-hybridized carbons (Fsp3) is 0.158. The number of aromatic nitrogens is 2. The molecule has 0 saturated carbocycles. The first-order chi connectivity index (χ1) is 11.6. The second kappa shape index (κ2) is 5.23. The van der Waals surface area contributed by atoms with E-state index >= 15 is 0 Å². The van der Waals surface area contributed by atoms with Gasteiger partial charge in [0.05, 0.1) is 23.2 Å². The van der Waals surface area contributed by atoms with Crippen LogP contribution in [0.2, 0.25) is 0 Å². The summed E-state index contributed by atoms with van der Waals surface area (Å²) in [6, 6.07) is 15.8. The highest BCUT2D eigenvalue weighted by Crippen LogP contribution is 2.32. The Morgan fingerprint density at radius 3 is 2.67 bits per heavy atom. The fourth-order valence-electron chi connectivity index (χ4n) is 3.20. The van der Waals surface area contributed by atoms with E-state index in [1.807, 2.05) is 67.1 Å². The van der Waals surface area contributed by atoms with Gasteiger partial charge in [0.15, 0.2) is 0 Å². The number of fused-ring (bicyclic) bond motifs is 1. The molecule has 5 heteroatoms. The zero-order valence-electron chi connectivity index (χ0n) is 13.6. The lowest BCUT2D eigenvalue weighted by Gasteiger charge is -2.19.